The lowest BCUT2D eigenvalue weighted by atomic mass is 10.2. The number of nitro benzene ring substituents is 1. The van der Waals surface area contributed by atoms with Crippen molar-refractivity contribution in [3.63, 3.8) is 0 Å². The highest BCUT2D eigenvalue weighted by molar-refractivity contribution is 9.10. The van der Waals surface area contributed by atoms with Crippen molar-refractivity contribution >= 4 is 27.5 Å². The molecule has 0 atom stereocenters. The Morgan fingerprint density at radius 1 is 1.45 bits per heavy atom. The van der Waals surface area contributed by atoms with Crippen molar-refractivity contribution in [2.45, 2.75) is 0 Å². The summed E-state index contributed by atoms with van der Waals surface area (Å²) in [6, 6.07) is 3.67. The van der Waals surface area contributed by atoms with Crippen LogP contribution in [0.1, 0.15) is 10.4 Å². The van der Waals surface area contributed by atoms with Crippen LogP contribution in [0.3, 0.4) is 0 Å². The number of nitrogens with two attached hydrogens (primary N) is 1. The third-order valence-electron chi connectivity index (χ3n) is 2.28. The highest BCUT2D eigenvalue weighted by Crippen LogP contribution is 2.33. The van der Waals surface area contributed by atoms with Crippen molar-refractivity contribution in [2.75, 3.05) is 0 Å². The van der Waals surface area contributed by atoms with Crippen molar-refractivity contribution in [1.82, 2.24) is 9.97 Å². The average Bonchev–Trinajstić information content (AvgIpc) is 2.41. The quantitative estimate of drug-likeness (QED) is 0.672. The zero-order chi connectivity index (χ0) is 14.7. The lowest BCUT2D eigenvalue weighted by Gasteiger charge is -2.07. The van der Waals surface area contributed by atoms with Crippen LogP contribution in [0, 0.1) is 10.1 Å². The number of nitrogens with zero attached hydrogens (tertiary/aromatic N) is 3. The van der Waals surface area contributed by atoms with Gasteiger partial charge in [0.05, 0.1) is 9.40 Å². The Bertz CT molecular complexity index is 692. The number of primary amides is 1. The molecule has 9 heteroatoms. The van der Waals surface area contributed by atoms with Gasteiger partial charge in [0.2, 0.25) is 17.5 Å². The number of halogens is 1. The minimum absolute atomic E-state index is 0.0193. The van der Waals surface area contributed by atoms with Crippen LogP contribution in [-0.4, -0.2) is 20.8 Å². The molecule has 0 aliphatic rings. The molecule has 2 aromatic rings. The first-order chi connectivity index (χ1) is 9.49. The minimum Gasteiger partial charge on any atom is -0.431 e. The molecule has 1 heterocycles. The molecule has 0 bridgehead atoms. The molecule has 1 aromatic carbocycles. The lowest BCUT2D eigenvalue weighted by Crippen LogP contribution is -2.11. The van der Waals surface area contributed by atoms with Gasteiger partial charge in [-0.05, 0) is 28.1 Å². The van der Waals surface area contributed by atoms with Gasteiger partial charge in [0.15, 0.2) is 0 Å². The average molecular weight is 339 g/mol. The Kier molecular flexibility index (Phi) is 3.89. The number of rotatable bonds is 4. The lowest BCUT2D eigenvalue weighted by molar-refractivity contribution is -0.385. The van der Waals surface area contributed by atoms with E-state index in [0.717, 1.165) is 6.07 Å². The zero-order valence-electron chi connectivity index (χ0n) is 9.82. The predicted octanol–water partition coefficient (Wildman–Crippen LogP) is 2.04. The summed E-state index contributed by atoms with van der Waals surface area (Å²) < 4.78 is 5.78. The first-order valence-corrected chi connectivity index (χ1v) is 6.00. The Morgan fingerprint density at radius 2 is 2.20 bits per heavy atom. The van der Waals surface area contributed by atoms with Gasteiger partial charge in [-0.3, -0.25) is 14.9 Å². The molecule has 102 valence electrons. The molecule has 0 saturated heterocycles. The maximum atomic E-state index is 11.0. The van der Waals surface area contributed by atoms with Crippen LogP contribution in [0.4, 0.5) is 5.69 Å². The van der Waals surface area contributed by atoms with Crippen molar-refractivity contribution in [3.05, 3.63) is 50.9 Å². The molecule has 0 saturated carbocycles. The molecular weight excluding hydrogens is 332 g/mol. The van der Waals surface area contributed by atoms with Crippen LogP contribution < -0.4 is 10.5 Å². The number of benzene rings is 1. The Morgan fingerprint density at radius 3 is 2.80 bits per heavy atom. The van der Waals surface area contributed by atoms with Crippen LogP contribution in [0.5, 0.6) is 11.6 Å². The SMILES string of the molecule is NC(=O)c1ccc(Oc2ncncc2Br)c([N+](=O)[O-])c1. The number of carbonyl (C=O) groups is 1. The molecule has 0 aliphatic heterocycles. The van der Waals surface area contributed by atoms with E-state index in [1.54, 1.807) is 0 Å². The van der Waals surface area contributed by atoms with E-state index in [1.807, 2.05) is 0 Å². The largest absolute Gasteiger partial charge is 0.431 e. The van der Waals surface area contributed by atoms with E-state index < -0.39 is 10.8 Å². The van der Waals surface area contributed by atoms with E-state index in [9.17, 15) is 14.9 Å². The van der Waals surface area contributed by atoms with Crippen LogP contribution in [-0.2, 0) is 0 Å². The highest BCUT2D eigenvalue weighted by atomic mass is 79.9. The summed E-state index contributed by atoms with van der Waals surface area (Å²) in [5.74, 6) is -0.697. The molecule has 20 heavy (non-hydrogen) atoms. The summed E-state index contributed by atoms with van der Waals surface area (Å²) in [7, 11) is 0. The Hall–Kier alpha value is -2.55. The van der Waals surface area contributed by atoms with Crippen LogP contribution in [0.15, 0.2) is 35.2 Å². The van der Waals surface area contributed by atoms with Gasteiger partial charge in [0.25, 0.3) is 0 Å². The van der Waals surface area contributed by atoms with Crippen LogP contribution in [0.2, 0.25) is 0 Å². The topological polar surface area (TPSA) is 121 Å². The summed E-state index contributed by atoms with van der Waals surface area (Å²) in [5.41, 5.74) is 4.72. The molecule has 2 N–H and O–H groups in total. The Balaban J connectivity index is 2.44. The van der Waals surface area contributed by atoms with E-state index >= 15 is 0 Å². The van der Waals surface area contributed by atoms with Crippen molar-refractivity contribution in [3.8, 4) is 11.6 Å². The van der Waals surface area contributed by atoms with Gasteiger partial charge in [-0.25, -0.2) is 9.97 Å². The van der Waals surface area contributed by atoms with Gasteiger partial charge in [0.1, 0.15) is 6.33 Å². The molecule has 0 aliphatic carbocycles. The fraction of sp³-hybridized carbons (Fsp3) is 0. The molecule has 1 amide bonds. The maximum absolute atomic E-state index is 11.0. The minimum atomic E-state index is -0.761. The van der Waals surface area contributed by atoms with E-state index in [4.69, 9.17) is 10.5 Å². The third-order valence-corrected chi connectivity index (χ3v) is 2.82. The summed E-state index contributed by atoms with van der Waals surface area (Å²) in [6.45, 7) is 0. The van der Waals surface area contributed by atoms with Crippen molar-refractivity contribution in [2.24, 2.45) is 5.73 Å². The number of nitro groups is 1. The maximum Gasteiger partial charge on any atom is 0.312 e. The number of ether oxygens (including phenoxy) is 1. The smallest absolute Gasteiger partial charge is 0.312 e. The zero-order valence-corrected chi connectivity index (χ0v) is 11.4. The van der Waals surface area contributed by atoms with E-state index in [-0.39, 0.29) is 22.9 Å². The van der Waals surface area contributed by atoms with Gasteiger partial charge in [-0.15, -0.1) is 0 Å². The van der Waals surface area contributed by atoms with Crippen LogP contribution >= 0.6 is 15.9 Å². The van der Waals surface area contributed by atoms with Gasteiger partial charge in [-0.1, -0.05) is 0 Å². The number of carbonyl (C=O) groups excluding carboxylic acids is 1. The second kappa shape index (κ2) is 5.61. The molecular formula is C11H7BrN4O4. The summed E-state index contributed by atoms with van der Waals surface area (Å²) in [5, 5.41) is 11.0. The molecule has 0 unspecified atom stereocenters. The summed E-state index contributed by atoms with van der Waals surface area (Å²) >= 11 is 3.16. The molecule has 0 radical (unpaired) electrons. The van der Waals surface area contributed by atoms with Gasteiger partial charge >= 0.3 is 5.69 Å². The predicted molar refractivity (Wildman–Crippen MR) is 71.4 cm³/mol. The van der Waals surface area contributed by atoms with Crippen molar-refractivity contribution in [1.29, 1.82) is 0 Å². The van der Waals surface area contributed by atoms with Gasteiger partial charge in [-0.2, -0.15) is 0 Å². The molecule has 0 fully saturated rings. The second-order valence-corrected chi connectivity index (χ2v) is 4.44. The molecule has 0 spiro atoms. The summed E-state index contributed by atoms with van der Waals surface area (Å²) in [4.78, 5) is 28.9. The van der Waals surface area contributed by atoms with Crippen molar-refractivity contribution < 1.29 is 14.5 Å². The van der Waals surface area contributed by atoms with Crippen LogP contribution in [0.25, 0.3) is 0 Å². The molecule has 1 aromatic heterocycles. The standard InChI is InChI=1S/C11H7BrN4O4/c12-7-4-14-5-15-11(7)20-9-2-1-6(10(13)17)3-8(9)16(18)19/h1-5H,(H2,13,17). The third kappa shape index (κ3) is 2.88. The van der Waals surface area contributed by atoms with Gasteiger partial charge < -0.3 is 10.5 Å². The first kappa shape index (κ1) is 13.9. The number of hydrogen-bond donors (Lipinski definition) is 1. The molecule has 8 nitrogen and oxygen atoms in total. The number of amides is 1. The normalized spacial score (nSPS) is 10.1. The highest BCUT2D eigenvalue weighted by Gasteiger charge is 2.19. The number of hydrogen-bond acceptors (Lipinski definition) is 6. The monoisotopic (exact) mass is 338 g/mol. The number of aromatic nitrogens is 2. The summed E-state index contributed by atoms with van der Waals surface area (Å²) in [6.07, 6.45) is 2.68. The molecule has 2 rings (SSSR count). The fourth-order valence-corrected chi connectivity index (χ4v) is 1.68. The first-order valence-electron chi connectivity index (χ1n) is 5.20. The second-order valence-electron chi connectivity index (χ2n) is 3.58. The Labute approximate surface area is 120 Å². The van der Waals surface area contributed by atoms with E-state index in [0.29, 0.717) is 4.47 Å². The fourth-order valence-electron chi connectivity index (χ4n) is 1.38. The van der Waals surface area contributed by atoms with E-state index in [1.165, 1.54) is 24.7 Å². The van der Waals surface area contributed by atoms with Gasteiger partial charge in [0, 0.05) is 17.8 Å². The van der Waals surface area contributed by atoms with E-state index in [2.05, 4.69) is 25.9 Å².